The second-order valence-electron chi connectivity index (χ2n) is 7.64. The summed E-state index contributed by atoms with van der Waals surface area (Å²) in [5.74, 6) is 0.228. The highest BCUT2D eigenvalue weighted by atomic mass is 16.4. The van der Waals surface area contributed by atoms with Crippen molar-refractivity contribution in [2.24, 2.45) is 11.8 Å². The summed E-state index contributed by atoms with van der Waals surface area (Å²) in [6, 6.07) is 0. The van der Waals surface area contributed by atoms with E-state index in [0.29, 0.717) is 11.8 Å². The van der Waals surface area contributed by atoms with E-state index in [2.05, 4.69) is 6.92 Å². The van der Waals surface area contributed by atoms with Gasteiger partial charge in [0.05, 0.1) is 12.2 Å². The van der Waals surface area contributed by atoms with Gasteiger partial charge in [-0.25, -0.2) is 0 Å². The fourth-order valence-corrected chi connectivity index (χ4v) is 4.10. The third kappa shape index (κ3) is 9.03. The predicted octanol–water partition coefficient (Wildman–Crippen LogP) is 4.52. The second kappa shape index (κ2) is 12.7. The molecule has 0 bridgehead atoms. The Morgan fingerprint density at radius 2 is 1.75 bits per heavy atom. The lowest BCUT2D eigenvalue weighted by Gasteiger charge is -2.23. The average molecular weight is 343 g/mol. The first-order chi connectivity index (χ1) is 11.5. The van der Waals surface area contributed by atoms with Crippen LogP contribution in [0.5, 0.6) is 0 Å². The molecule has 0 aliphatic heterocycles. The maximum atomic E-state index is 10.5. The maximum absolute atomic E-state index is 10.5. The van der Waals surface area contributed by atoms with Crippen LogP contribution in [-0.4, -0.2) is 33.5 Å². The topological polar surface area (TPSA) is 77.8 Å². The van der Waals surface area contributed by atoms with E-state index < -0.39 is 5.97 Å². The van der Waals surface area contributed by atoms with Crippen LogP contribution in [0.2, 0.25) is 0 Å². The first-order valence-electron chi connectivity index (χ1n) is 10.1. The molecule has 4 atom stereocenters. The molecule has 24 heavy (non-hydrogen) atoms. The Bertz CT molecular complexity index is 332. The van der Waals surface area contributed by atoms with Gasteiger partial charge in [0.2, 0.25) is 0 Å². The Balaban J connectivity index is 2.18. The highest BCUT2D eigenvalue weighted by Gasteiger charge is 2.34. The highest BCUT2D eigenvalue weighted by molar-refractivity contribution is 5.66. The van der Waals surface area contributed by atoms with Crippen molar-refractivity contribution in [3.63, 3.8) is 0 Å². The molecule has 0 amide bonds. The van der Waals surface area contributed by atoms with E-state index in [4.69, 9.17) is 5.11 Å². The molecule has 1 saturated carbocycles. The monoisotopic (exact) mass is 342 g/mol. The minimum atomic E-state index is -0.709. The van der Waals surface area contributed by atoms with Gasteiger partial charge < -0.3 is 15.3 Å². The Morgan fingerprint density at radius 3 is 2.46 bits per heavy atom. The third-order valence-electron chi connectivity index (χ3n) is 5.62. The van der Waals surface area contributed by atoms with Gasteiger partial charge in [0.25, 0.3) is 0 Å². The number of aliphatic carboxylic acids is 1. The number of unbranched alkanes of at least 4 members (excludes halogenated alkanes) is 5. The average Bonchev–Trinajstić information content (AvgIpc) is 2.89. The quantitative estimate of drug-likeness (QED) is 0.406. The van der Waals surface area contributed by atoms with Crippen LogP contribution in [0.15, 0.2) is 0 Å². The largest absolute Gasteiger partial charge is 0.481 e. The SMILES string of the molecule is CCCCCC(O)CCC1CCC(O)C1CCCCCCC(=O)O. The number of hydrogen-bond acceptors (Lipinski definition) is 3. The van der Waals surface area contributed by atoms with E-state index in [1.807, 2.05) is 0 Å². The molecule has 3 N–H and O–H groups in total. The Labute approximate surface area is 147 Å². The van der Waals surface area contributed by atoms with Crippen LogP contribution in [0.4, 0.5) is 0 Å². The first-order valence-corrected chi connectivity index (χ1v) is 10.1. The van der Waals surface area contributed by atoms with E-state index in [0.717, 1.165) is 70.6 Å². The van der Waals surface area contributed by atoms with E-state index >= 15 is 0 Å². The number of carboxylic acids is 1. The number of aliphatic hydroxyl groups is 2. The molecule has 1 aliphatic rings. The van der Waals surface area contributed by atoms with Crippen molar-refractivity contribution in [3.05, 3.63) is 0 Å². The normalized spacial score (nSPS) is 25.0. The maximum Gasteiger partial charge on any atom is 0.303 e. The van der Waals surface area contributed by atoms with Gasteiger partial charge in [-0.1, -0.05) is 45.4 Å². The van der Waals surface area contributed by atoms with E-state index in [9.17, 15) is 15.0 Å². The van der Waals surface area contributed by atoms with E-state index in [1.165, 1.54) is 12.8 Å². The molecule has 1 aliphatic carbocycles. The van der Waals surface area contributed by atoms with Crippen LogP contribution in [-0.2, 0) is 4.79 Å². The summed E-state index contributed by atoms with van der Waals surface area (Å²) < 4.78 is 0. The van der Waals surface area contributed by atoms with Gasteiger partial charge in [-0.15, -0.1) is 0 Å². The molecule has 0 aromatic carbocycles. The van der Waals surface area contributed by atoms with Crippen molar-refractivity contribution >= 4 is 5.97 Å². The van der Waals surface area contributed by atoms with Gasteiger partial charge in [0.1, 0.15) is 0 Å². The number of carboxylic acid groups (broad SMARTS) is 1. The van der Waals surface area contributed by atoms with Gasteiger partial charge in [0.15, 0.2) is 0 Å². The highest BCUT2D eigenvalue weighted by Crippen LogP contribution is 2.39. The van der Waals surface area contributed by atoms with E-state index in [1.54, 1.807) is 0 Å². The molecule has 0 aromatic heterocycles. The Hall–Kier alpha value is -0.610. The molecule has 1 fully saturated rings. The van der Waals surface area contributed by atoms with Crippen molar-refractivity contribution < 1.29 is 20.1 Å². The van der Waals surface area contributed by atoms with Crippen molar-refractivity contribution in [2.45, 2.75) is 109 Å². The molecule has 4 nitrogen and oxygen atoms in total. The number of hydrogen-bond donors (Lipinski definition) is 3. The number of rotatable bonds is 14. The van der Waals surface area contributed by atoms with Gasteiger partial charge in [-0.3, -0.25) is 4.79 Å². The van der Waals surface area contributed by atoms with Crippen LogP contribution in [0, 0.1) is 11.8 Å². The molecule has 0 saturated heterocycles. The minimum Gasteiger partial charge on any atom is -0.481 e. The van der Waals surface area contributed by atoms with Crippen molar-refractivity contribution in [1.29, 1.82) is 0 Å². The molecule has 0 spiro atoms. The Morgan fingerprint density at radius 1 is 1.00 bits per heavy atom. The lowest BCUT2D eigenvalue weighted by atomic mass is 9.85. The predicted molar refractivity (Wildman–Crippen MR) is 96.9 cm³/mol. The number of aliphatic hydroxyl groups excluding tert-OH is 2. The summed E-state index contributed by atoms with van der Waals surface area (Å²) in [6.45, 7) is 2.18. The van der Waals surface area contributed by atoms with Gasteiger partial charge >= 0.3 is 5.97 Å². The van der Waals surface area contributed by atoms with Gasteiger partial charge in [-0.2, -0.15) is 0 Å². The van der Waals surface area contributed by atoms with Crippen LogP contribution in [0.3, 0.4) is 0 Å². The zero-order chi connectivity index (χ0) is 17.8. The molecule has 1 rings (SSSR count). The second-order valence-corrected chi connectivity index (χ2v) is 7.64. The van der Waals surface area contributed by atoms with Crippen LogP contribution >= 0.6 is 0 Å². The van der Waals surface area contributed by atoms with Crippen molar-refractivity contribution in [3.8, 4) is 0 Å². The third-order valence-corrected chi connectivity index (χ3v) is 5.62. The first kappa shape index (κ1) is 21.4. The van der Waals surface area contributed by atoms with Crippen LogP contribution in [0.1, 0.15) is 96.8 Å². The van der Waals surface area contributed by atoms with Crippen molar-refractivity contribution in [2.75, 3.05) is 0 Å². The van der Waals surface area contributed by atoms with E-state index in [-0.39, 0.29) is 18.6 Å². The summed E-state index contributed by atoms with van der Waals surface area (Å²) in [6.07, 6.45) is 13.2. The molecule has 142 valence electrons. The van der Waals surface area contributed by atoms with Crippen LogP contribution in [0.25, 0.3) is 0 Å². The zero-order valence-electron chi connectivity index (χ0n) is 15.5. The summed E-state index contributed by atoms with van der Waals surface area (Å²) in [4.78, 5) is 10.5. The summed E-state index contributed by atoms with van der Waals surface area (Å²) >= 11 is 0. The molecular formula is C20H38O4. The fourth-order valence-electron chi connectivity index (χ4n) is 4.10. The lowest BCUT2D eigenvalue weighted by molar-refractivity contribution is -0.137. The lowest BCUT2D eigenvalue weighted by Crippen LogP contribution is -2.20. The minimum absolute atomic E-state index is 0.175. The molecule has 0 radical (unpaired) electrons. The fraction of sp³-hybridized carbons (Fsp3) is 0.950. The summed E-state index contributed by atoms with van der Waals surface area (Å²) in [5, 5.41) is 29.0. The van der Waals surface area contributed by atoms with Crippen LogP contribution < -0.4 is 0 Å². The van der Waals surface area contributed by atoms with Gasteiger partial charge in [0, 0.05) is 6.42 Å². The Kier molecular flexibility index (Phi) is 11.4. The molecule has 4 unspecified atom stereocenters. The summed E-state index contributed by atoms with van der Waals surface area (Å²) in [7, 11) is 0. The smallest absolute Gasteiger partial charge is 0.303 e. The van der Waals surface area contributed by atoms with Crippen molar-refractivity contribution in [1.82, 2.24) is 0 Å². The molecule has 4 heteroatoms. The molecular weight excluding hydrogens is 304 g/mol. The molecule has 0 aromatic rings. The summed E-state index contributed by atoms with van der Waals surface area (Å²) in [5.41, 5.74) is 0. The molecule has 0 heterocycles. The number of carbonyl (C=O) groups is 1. The standard InChI is InChI=1S/C20H38O4/c1-2-3-6-9-17(21)14-12-16-13-15-19(22)18(16)10-7-4-5-8-11-20(23)24/h16-19,21-22H,2-15H2,1H3,(H,23,24). The van der Waals surface area contributed by atoms with Gasteiger partial charge in [-0.05, 0) is 56.8 Å². The zero-order valence-corrected chi connectivity index (χ0v) is 15.5.